The molecule has 0 amide bonds. The molecule has 0 fully saturated rings. The fourth-order valence-electron chi connectivity index (χ4n) is 2.89. The Morgan fingerprint density at radius 1 is 0.704 bits per heavy atom. The second kappa shape index (κ2) is 25.4. The van der Waals surface area contributed by atoms with E-state index in [0.29, 0.717) is 19.6 Å². The summed E-state index contributed by atoms with van der Waals surface area (Å²) in [5, 5.41) is 0. The summed E-state index contributed by atoms with van der Waals surface area (Å²) < 4.78 is 4.95. The molecule has 0 saturated heterocycles. The molecule has 0 radical (unpaired) electrons. The third-order valence-corrected chi connectivity index (χ3v) is 4.37. The van der Waals surface area contributed by atoms with Crippen LogP contribution in [0.4, 0.5) is 0 Å². The number of ether oxygens (including phenoxy) is 1. The molecule has 164 valence electrons. The molecule has 0 unspecified atom stereocenters. The SMILES string of the molecule is CCCCCCCCCCCCCCCCCC(=O)OCCN.CN(C)C. The summed E-state index contributed by atoms with van der Waals surface area (Å²) in [6.07, 6.45) is 20.7. The van der Waals surface area contributed by atoms with Crippen molar-refractivity contribution >= 4 is 5.97 Å². The van der Waals surface area contributed by atoms with Gasteiger partial charge in [0.1, 0.15) is 6.61 Å². The van der Waals surface area contributed by atoms with Crippen LogP contribution in [0.25, 0.3) is 0 Å². The number of esters is 1. The molecule has 0 saturated carbocycles. The van der Waals surface area contributed by atoms with Crippen molar-refractivity contribution in [3.8, 4) is 0 Å². The average molecular weight is 387 g/mol. The Bertz CT molecular complexity index is 281. The van der Waals surface area contributed by atoms with Gasteiger partial charge in [-0.15, -0.1) is 0 Å². The molecule has 4 heteroatoms. The summed E-state index contributed by atoms with van der Waals surface area (Å²) in [4.78, 5) is 13.3. The Balaban J connectivity index is 0. The zero-order chi connectivity index (χ0) is 20.6. The van der Waals surface area contributed by atoms with E-state index >= 15 is 0 Å². The van der Waals surface area contributed by atoms with Crippen LogP contribution in [-0.2, 0) is 9.53 Å². The maximum atomic E-state index is 11.3. The molecule has 0 heterocycles. The van der Waals surface area contributed by atoms with E-state index in [1.54, 1.807) is 0 Å². The van der Waals surface area contributed by atoms with Gasteiger partial charge in [-0.05, 0) is 27.6 Å². The number of unbranched alkanes of at least 4 members (excludes halogenated alkanes) is 14. The third-order valence-electron chi connectivity index (χ3n) is 4.37. The van der Waals surface area contributed by atoms with Gasteiger partial charge in [0, 0.05) is 13.0 Å². The van der Waals surface area contributed by atoms with E-state index in [2.05, 4.69) is 6.92 Å². The van der Waals surface area contributed by atoms with Crippen LogP contribution in [0.2, 0.25) is 0 Å². The van der Waals surface area contributed by atoms with E-state index in [-0.39, 0.29) is 5.97 Å². The molecular weight excluding hydrogens is 336 g/mol. The van der Waals surface area contributed by atoms with Crippen LogP contribution in [0, 0.1) is 0 Å². The van der Waals surface area contributed by atoms with E-state index in [0.717, 1.165) is 12.8 Å². The molecule has 0 bridgehead atoms. The van der Waals surface area contributed by atoms with Gasteiger partial charge in [0.25, 0.3) is 0 Å². The first-order valence-corrected chi connectivity index (χ1v) is 11.5. The van der Waals surface area contributed by atoms with Crippen LogP contribution >= 0.6 is 0 Å². The number of nitrogens with two attached hydrogens (primary N) is 1. The van der Waals surface area contributed by atoms with Gasteiger partial charge in [-0.3, -0.25) is 4.79 Å². The zero-order valence-corrected chi connectivity index (χ0v) is 19.1. The fraction of sp³-hybridized carbons (Fsp3) is 0.957. The molecule has 2 N–H and O–H groups in total. The normalized spacial score (nSPS) is 10.6. The Hall–Kier alpha value is -0.610. The second-order valence-corrected chi connectivity index (χ2v) is 8.05. The van der Waals surface area contributed by atoms with Gasteiger partial charge in [0.2, 0.25) is 0 Å². The van der Waals surface area contributed by atoms with Crippen LogP contribution < -0.4 is 5.73 Å². The standard InChI is InChI=1S/C20H41NO2.C3H9N/c1-2-3-4-5-6-7-8-9-10-11-12-13-14-15-16-17-20(22)23-19-18-21;1-4(2)3/h2-19,21H2,1H3;1-3H3. The van der Waals surface area contributed by atoms with Gasteiger partial charge in [-0.2, -0.15) is 0 Å². The molecule has 0 rings (SSSR count). The fourth-order valence-corrected chi connectivity index (χ4v) is 2.89. The van der Waals surface area contributed by atoms with Gasteiger partial charge in [-0.25, -0.2) is 0 Å². The summed E-state index contributed by atoms with van der Waals surface area (Å²) in [5.41, 5.74) is 5.29. The highest BCUT2D eigenvalue weighted by molar-refractivity contribution is 5.69. The van der Waals surface area contributed by atoms with Gasteiger partial charge in [0.05, 0.1) is 0 Å². The lowest BCUT2D eigenvalue weighted by Gasteiger charge is -2.04. The molecular formula is C23H50N2O2. The van der Waals surface area contributed by atoms with Crippen molar-refractivity contribution in [3.05, 3.63) is 0 Å². The van der Waals surface area contributed by atoms with E-state index in [9.17, 15) is 4.79 Å². The monoisotopic (exact) mass is 386 g/mol. The number of carbonyl (C=O) groups excluding carboxylic acids is 1. The number of hydrogen-bond acceptors (Lipinski definition) is 4. The van der Waals surface area contributed by atoms with Gasteiger partial charge >= 0.3 is 5.97 Å². The molecule has 27 heavy (non-hydrogen) atoms. The molecule has 0 aromatic rings. The highest BCUT2D eigenvalue weighted by Gasteiger charge is 2.01. The molecule has 0 aliphatic carbocycles. The maximum Gasteiger partial charge on any atom is 0.305 e. The van der Waals surface area contributed by atoms with Crippen molar-refractivity contribution in [2.24, 2.45) is 5.73 Å². The molecule has 0 aliphatic heterocycles. The third kappa shape index (κ3) is 33.4. The summed E-state index contributed by atoms with van der Waals surface area (Å²) in [7, 11) is 6.00. The van der Waals surface area contributed by atoms with Crippen molar-refractivity contribution < 1.29 is 9.53 Å². The van der Waals surface area contributed by atoms with Crippen LogP contribution in [0.5, 0.6) is 0 Å². The number of hydrogen-bond donors (Lipinski definition) is 1. The molecule has 0 spiro atoms. The van der Waals surface area contributed by atoms with Gasteiger partial charge in [0.15, 0.2) is 0 Å². The van der Waals surface area contributed by atoms with E-state index in [4.69, 9.17) is 10.5 Å². The molecule has 4 nitrogen and oxygen atoms in total. The predicted molar refractivity (Wildman–Crippen MR) is 119 cm³/mol. The highest BCUT2D eigenvalue weighted by atomic mass is 16.5. The largest absolute Gasteiger partial charge is 0.464 e. The van der Waals surface area contributed by atoms with Crippen LogP contribution in [-0.4, -0.2) is 45.2 Å². The minimum absolute atomic E-state index is 0.0925. The minimum Gasteiger partial charge on any atom is -0.464 e. The molecule has 0 aromatic carbocycles. The topological polar surface area (TPSA) is 55.6 Å². The summed E-state index contributed by atoms with van der Waals surface area (Å²) in [6.45, 7) is 3.06. The van der Waals surface area contributed by atoms with Crippen molar-refractivity contribution in [2.45, 2.75) is 110 Å². The smallest absolute Gasteiger partial charge is 0.305 e. The van der Waals surface area contributed by atoms with Crippen molar-refractivity contribution in [3.63, 3.8) is 0 Å². The molecule has 0 aliphatic rings. The number of nitrogens with zero attached hydrogens (tertiary/aromatic N) is 1. The predicted octanol–water partition coefficient (Wildman–Crippen LogP) is 5.93. The summed E-state index contributed by atoms with van der Waals surface area (Å²) >= 11 is 0. The number of carbonyl (C=O) groups is 1. The van der Waals surface area contributed by atoms with Crippen LogP contribution in [0.1, 0.15) is 110 Å². The molecule has 0 atom stereocenters. The first-order chi connectivity index (χ1) is 13.0. The quantitative estimate of drug-likeness (QED) is 0.234. The van der Waals surface area contributed by atoms with Crippen molar-refractivity contribution in [1.29, 1.82) is 0 Å². The van der Waals surface area contributed by atoms with Crippen LogP contribution in [0.15, 0.2) is 0 Å². The van der Waals surface area contributed by atoms with E-state index in [1.807, 2.05) is 26.0 Å². The Morgan fingerprint density at radius 3 is 1.37 bits per heavy atom. The lowest BCUT2D eigenvalue weighted by molar-refractivity contribution is -0.143. The van der Waals surface area contributed by atoms with Crippen LogP contribution in [0.3, 0.4) is 0 Å². The minimum atomic E-state index is -0.0925. The Kier molecular flexibility index (Phi) is 26.9. The highest BCUT2D eigenvalue weighted by Crippen LogP contribution is 2.13. The second-order valence-electron chi connectivity index (χ2n) is 8.05. The average Bonchev–Trinajstić information content (AvgIpc) is 2.62. The summed E-state index contributed by atoms with van der Waals surface area (Å²) in [6, 6.07) is 0. The van der Waals surface area contributed by atoms with Crippen molar-refractivity contribution in [1.82, 2.24) is 4.90 Å². The first-order valence-electron chi connectivity index (χ1n) is 11.5. The van der Waals surface area contributed by atoms with Crippen molar-refractivity contribution in [2.75, 3.05) is 34.3 Å². The van der Waals surface area contributed by atoms with E-state index in [1.165, 1.54) is 83.5 Å². The van der Waals surface area contributed by atoms with Gasteiger partial charge < -0.3 is 15.4 Å². The maximum absolute atomic E-state index is 11.3. The lowest BCUT2D eigenvalue weighted by atomic mass is 10.0. The Labute approximate surface area is 170 Å². The lowest BCUT2D eigenvalue weighted by Crippen LogP contribution is -2.13. The first kappa shape index (κ1) is 28.6. The summed E-state index contributed by atoms with van der Waals surface area (Å²) in [5.74, 6) is -0.0925. The number of rotatable bonds is 18. The van der Waals surface area contributed by atoms with Gasteiger partial charge in [-0.1, -0.05) is 96.8 Å². The van der Waals surface area contributed by atoms with E-state index < -0.39 is 0 Å². The zero-order valence-electron chi connectivity index (χ0n) is 19.1. The molecule has 0 aromatic heterocycles. The Morgan fingerprint density at radius 2 is 1.04 bits per heavy atom.